The maximum atomic E-state index is 5.63. The standard InChI is InChI=1S/C11H9BN2/c12-9-6-7-13-11(8-9)14-10-4-2-1-3-5-10/h1-8H,(H,13,14). The Morgan fingerprint density at radius 3 is 2.57 bits per heavy atom. The van der Waals surface area contributed by atoms with E-state index in [-0.39, 0.29) is 0 Å². The van der Waals surface area contributed by atoms with E-state index in [0.29, 0.717) is 5.46 Å². The van der Waals surface area contributed by atoms with Gasteiger partial charge in [0.05, 0.1) is 0 Å². The maximum absolute atomic E-state index is 5.63. The van der Waals surface area contributed by atoms with Crippen molar-refractivity contribution >= 4 is 24.8 Å². The summed E-state index contributed by atoms with van der Waals surface area (Å²) in [4.78, 5) is 4.14. The van der Waals surface area contributed by atoms with E-state index < -0.39 is 0 Å². The first kappa shape index (κ1) is 8.82. The lowest BCUT2D eigenvalue weighted by atomic mass is 9.98. The predicted octanol–water partition coefficient (Wildman–Crippen LogP) is 1.62. The Bertz CT molecular complexity index is 415. The first-order valence-corrected chi connectivity index (χ1v) is 4.38. The van der Waals surface area contributed by atoms with Gasteiger partial charge in [-0.05, 0) is 18.2 Å². The van der Waals surface area contributed by atoms with Crippen LogP contribution in [0.25, 0.3) is 0 Å². The highest BCUT2D eigenvalue weighted by atomic mass is 15.0. The molecule has 1 heterocycles. The molecule has 0 aliphatic rings. The molecule has 3 heteroatoms. The average molecular weight is 180 g/mol. The fraction of sp³-hybridized carbons (Fsp3) is 0. The lowest BCUT2D eigenvalue weighted by Crippen LogP contribution is -2.04. The van der Waals surface area contributed by atoms with Crippen molar-refractivity contribution in [3.8, 4) is 0 Å². The second-order valence-electron chi connectivity index (χ2n) is 2.97. The van der Waals surface area contributed by atoms with Gasteiger partial charge in [0.15, 0.2) is 0 Å². The molecular formula is C11H9BN2. The van der Waals surface area contributed by atoms with Crippen LogP contribution in [0.5, 0.6) is 0 Å². The lowest BCUT2D eigenvalue weighted by Gasteiger charge is -2.05. The SMILES string of the molecule is [B]c1ccnc(Nc2ccccc2)c1. The molecule has 1 aromatic carbocycles. The summed E-state index contributed by atoms with van der Waals surface area (Å²) < 4.78 is 0. The van der Waals surface area contributed by atoms with Crippen molar-refractivity contribution in [2.24, 2.45) is 0 Å². The third kappa shape index (κ3) is 2.13. The summed E-state index contributed by atoms with van der Waals surface area (Å²) in [5, 5.41) is 3.15. The van der Waals surface area contributed by atoms with Crippen molar-refractivity contribution in [3.05, 3.63) is 48.7 Å². The summed E-state index contributed by atoms with van der Waals surface area (Å²) in [6, 6.07) is 13.4. The number of rotatable bonds is 2. The van der Waals surface area contributed by atoms with Crippen LogP contribution < -0.4 is 10.8 Å². The van der Waals surface area contributed by atoms with Crippen molar-refractivity contribution in [2.45, 2.75) is 0 Å². The molecule has 0 amide bonds. The molecule has 2 aromatic rings. The zero-order valence-corrected chi connectivity index (χ0v) is 7.64. The van der Waals surface area contributed by atoms with E-state index >= 15 is 0 Å². The van der Waals surface area contributed by atoms with Crippen LogP contribution in [0.4, 0.5) is 11.5 Å². The Morgan fingerprint density at radius 2 is 1.86 bits per heavy atom. The van der Waals surface area contributed by atoms with Gasteiger partial charge in [-0.15, -0.1) is 0 Å². The number of nitrogens with zero attached hydrogens (tertiary/aromatic N) is 1. The Hall–Kier alpha value is -1.77. The number of aromatic nitrogens is 1. The quantitative estimate of drug-likeness (QED) is 0.710. The highest BCUT2D eigenvalue weighted by Crippen LogP contribution is 2.11. The van der Waals surface area contributed by atoms with Crippen LogP contribution in [0.3, 0.4) is 0 Å². The van der Waals surface area contributed by atoms with Gasteiger partial charge in [-0.25, -0.2) is 4.98 Å². The lowest BCUT2D eigenvalue weighted by molar-refractivity contribution is 1.32. The van der Waals surface area contributed by atoms with Crippen LogP contribution in [0.15, 0.2) is 48.7 Å². The first-order chi connectivity index (χ1) is 6.84. The Labute approximate surface area is 84.4 Å². The van der Waals surface area contributed by atoms with Crippen LogP contribution in [0, 0.1) is 0 Å². The Morgan fingerprint density at radius 1 is 1.07 bits per heavy atom. The molecule has 0 atom stereocenters. The molecule has 2 nitrogen and oxygen atoms in total. The molecule has 1 N–H and O–H groups in total. The smallest absolute Gasteiger partial charge is 0.129 e. The van der Waals surface area contributed by atoms with Crippen LogP contribution in [-0.4, -0.2) is 12.8 Å². The largest absolute Gasteiger partial charge is 0.340 e. The minimum absolute atomic E-state index is 0.707. The van der Waals surface area contributed by atoms with E-state index in [9.17, 15) is 0 Å². The van der Waals surface area contributed by atoms with E-state index in [0.717, 1.165) is 11.5 Å². The van der Waals surface area contributed by atoms with Crippen molar-refractivity contribution in [2.75, 3.05) is 5.32 Å². The van der Waals surface area contributed by atoms with Gasteiger partial charge >= 0.3 is 0 Å². The van der Waals surface area contributed by atoms with Gasteiger partial charge in [-0.1, -0.05) is 29.7 Å². The predicted molar refractivity (Wildman–Crippen MR) is 59.3 cm³/mol. The third-order valence-corrected chi connectivity index (χ3v) is 1.83. The van der Waals surface area contributed by atoms with Gasteiger partial charge in [0, 0.05) is 11.9 Å². The number of hydrogen-bond donors (Lipinski definition) is 1. The summed E-state index contributed by atoms with van der Waals surface area (Å²) >= 11 is 0. The summed E-state index contributed by atoms with van der Waals surface area (Å²) in [7, 11) is 5.63. The maximum Gasteiger partial charge on any atom is 0.129 e. The molecule has 14 heavy (non-hydrogen) atoms. The monoisotopic (exact) mass is 180 g/mol. The normalized spacial score (nSPS) is 9.71. The minimum Gasteiger partial charge on any atom is -0.340 e. The van der Waals surface area contributed by atoms with Crippen molar-refractivity contribution in [1.82, 2.24) is 4.98 Å². The third-order valence-electron chi connectivity index (χ3n) is 1.83. The highest BCUT2D eigenvalue weighted by Gasteiger charge is 1.93. The molecular weight excluding hydrogens is 171 g/mol. The van der Waals surface area contributed by atoms with Gasteiger partial charge in [0.1, 0.15) is 13.7 Å². The van der Waals surface area contributed by atoms with E-state index in [1.165, 1.54) is 0 Å². The number of hydrogen-bond acceptors (Lipinski definition) is 2. The topological polar surface area (TPSA) is 24.9 Å². The first-order valence-electron chi connectivity index (χ1n) is 4.38. The van der Waals surface area contributed by atoms with Gasteiger partial charge in [0.25, 0.3) is 0 Å². The van der Waals surface area contributed by atoms with Gasteiger partial charge < -0.3 is 5.32 Å². The summed E-state index contributed by atoms with van der Waals surface area (Å²) in [6.07, 6.45) is 1.68. The van der Waals surface area contributed by atoms with Crippen molar-refractivity contribution < 1.29 is 0 Å². The molecule has 0 aliphatic carbocycles. The molecule has 0 saturated carbocycles. The number of anilines is 2. The zero-order chi connectivity index (χ0) is 9.80. The van der Waals surface area contributed by atoms with E-state index in [4.69, 9.17) is 7.85 Å². The number of para-hydroxylation sites is 1. The minimum atomic E-state index is 0.707. The summed E-state index contributed by atoms with van der Waals surface area (Å²) in [5.41, 5.74) is 1.71. The highest BCUT2D eigenvalue weighted by molar-refractivity contribution is 6.32. The number of nitrogens with one attached hydrogen (secondary N) is 1. The summed E-state index contributed by atoms with van der Waals surface area (Å²) in [5.74, 6) is 0.760. The molecule has 0 saturated heterocycles. The molecule has 0 unspecified atom stereocenters. The molecule has 0 bridgehead atoms. The molecule has 0 fully saturated rings. The van der Waals surface area contributed by atoms with Gasteiger partial charge in [0.2, 0.25) is 0 Å². The fourth-order valence-corrected chi connectivity index (χ4v) is 1.18. The average Bonchev–Trinajstić information content (AvgIpc) is 2.19. The van der Waals surface area contributed by atoms with Crippen molar-refractivity contribution in [1.29, 1.82) is 0 Å². The second-order valence-corrected chi connectivity index (χ2v) is 2.97. The van der Waals surface area contributed by atoms with Crippen LogP contribution in [-0.2, 0) is 0 Å². The van der Waals surface area contributed by atoms with Crippen LogP contribution in [0.2, 0.25) is 0 Å². The molecule has 2 radical (unpaired) electrons. The van der Waals surface area contributed by atoms with Gasteiger partial charge in [-0.2, -0.15) is 0 Å². The molecule has 0 spiro atoms. The Kier molecular flexibility index (Phi) is 2.50. The molecule has 0 aliphatic heterocycles. The van der Waals surface area contributed by atoms with E-state index in [2.05, 4.69) is 10.3 Å². The summed E-state index contributed by atoms with van der Waals surface area (Å²) in [6.45, 7) is 0. The molecule has 1 aromatic heterocycles. The molecule has 2 rings (SSSR count). The number of benzene rings is 1. The van der Waals surface area contributed by atoms with E-state index in [1.54, 1.807) is 18.3 Å². The van der Waals surface area contributed by atoms with E-state index in [1.807, 2.05) is 30.3 Å². The fourth-order valence-electron chi connectivity index (χ4n) is 1.18. The second kappa shape index (κ2) is 3.96. The Balaban J connectivity index is 2.19. The van der Waals surface area contributed by atoms with Crippen LogP contribution in [0.1, 0.15) is 0 Å². The number of pyridine rings is 1. The zero-order valence-electron chi connectivity index (χ0n) is 7.64. The van der Waals surface area contributed by atoms with Crippen molar-refractivity contribution in [3.63, 3.8) is 0 Å². The van der Waals surface area contributed by atoms with Crippen LogP contribution >= 0.6 is 0 Å². The molecule has 66 valence electrons. The van der Waals surface area contributed by atoms with Gasteiger partial charge in [-0.3, -0.25) is 0 Å².